The average molecular weight is 439 g/mol. The highest BCUT2D eigenvalue weighted by atomic mass is 35.5. The van der Waals surface area contributed by atoms with Crippen molar-refractivity contribution in [2.75, 3.05) is 27.2 Å². The van der Waals surface area contributed by atoms with Gasteiger partial charge in [-0.15, -0.1) is 0 Å². The summed E-state index contributed by atoms with van der Waals surface area (Å²) in [4.78, 5) is 29.8. The number of benzene rings is 2. The summed E-state index contributed by atoms with van der Waals surface area (Å²) in [5, 5.41) is 12.1. The first-order valence-corrected chi connectivity index (χ1v) is 10.3. The molecule has 1 atom stereocenters. The zero-order valence-corrected chi connectivity index (χ0v) is 18.3. The lowest BCUT2D eigenvalue weighted by Crippen LogP contribution is -2.36. The monoisotopic (exact) mass is 438 g/mol. The summed E-state index contributed by atoms with van der Waals surface area (Å²) in [6.45, 7) is 2.88. The highest BCUT2D eigenvalue weighted by Gasteiger charge is 2.44. The van der Waals surface area contributed by atoms with Crippen LogP contribution in [0.15, 0.2) is 64.3 Å². The van der Waals surface area contributed by atoms with Gasteiger partial charge in [-0.1, -0.05) is 35.4 Å². The lowest BCUT2D eigenvalue weighted by Gasteiger charge is -2.27. The molecule has 1 unspecified atom stereocenters. The van der Waals surface area contributed by atoms with Crippen molar-refractivity contribution in [3.05, 3.63) is 81.8 Å². The summed E-state index contributed by atoms with van der Waals surface area (Å²) >= 11 is 6.04. The van der Waals surface area contributed by atoms with Crippen LogP contribution in [0.3, 0.4) is 0 Å². The minimum absolute atomic E-state index is 0.0156. The summed E-state index contributed by atoms with van der Waals surface area (Å²) in [5.74, 6) is -1.53. The highest BCUT2D eigenvalue weighted by Crippen LogP contribution is 2.39. The largest absolute Gasteiger partial charge is 0.503 e. The van der Waals surface area contributed by atoms with E-state index in [4.69, 9.17) is 16.0 Å². The van der Waals surface area contributed by atoms with E-state index in [1.807, 2.05) is 38.1 Å². The van der Waals surface area contributed by atoms with Crippen molar-refractivity contribution in [2.24, 2.45) is 0 Å². The molecule has 0 bridgehead atoms. The zero-order valence-electron chi connectivity index (χ0n) is 17.6. The molecular formula is C24H23ClN2O4. The first-order valence-electron chi connectivity index (χ1n) is 9.95. The van der Waals surface area contributed by atoms with Crippen LogP contribution >= 0.6 is 11.6 Å². The number of nitrogens with zero attached hydrogens (tertiary/aromatic N) is 2. The van der Waals surface area contributed by atoms with Gasteiger partial charge in [0.25, 0.3) is 5.91 Å². The fourth-order valence-corrected chi connectivity index (χ4v) is 3.95. The molecule has 6 nitrogen and oxygen atoms in total. The average Bonchev–Trinajstić information content (AvgIpc) is 3.25. The predicted molar refractivity (Wildman–Crippen MR) is 119 cm³/mol. The second kappa shape index (κ2) is 8.21. The van der Waals surface area contributed by atoms with Crippen molar-refractivity contribution in [1.82, 2.24) is 9.80 Å². The number of hydrogen-bond donors (Lipinski definition) is 1. The molecule has 2 aromatic carbocycles. The number of carbonyl (C=O) groups is 2. The number of rotatable bonds is 6. The molecule has 1 aliphatic rings. The molecule has 31 heavy (non-hydrogen) atoms. The van der Waals surface area contributed by atoms with Crippen LogP contribution in [-0.2, 0) is 4.79 Å². The van der Waals surface area contributed by atoms with Crippen LogP contribution in [0, 0.1) is 6.92 Å². The number of aryl methyl sites for hydroxylation is 1. The van der Waals surface area contributed by atoms with Gasteiger partial charge in [0.05, 0.1) is 11.6 Å². The number of fused-ring (bicyclic) bond motifs is 1. The van der Waals surface area contributed by atoms with Gasteiger partial charge in [-0.05, 0) is 56.9 Å². The highest BCUT2D eigenvalue weighted by molar-refractivity contribution is 6.30. The van der Waals surface area contributed by atoms with E-state index in [9.17, 15) is 14.7 Å². The number of halogens is 1. The molecule has 1 aliphatic heterocycles. The van der Waals surface area contributed by atoms with Gasteiger partial charge in [0.1, 0.15) is 5.58 Å². The van der Waals surface area contributed by atoms with Crippen LogP contribution in [0.4, 0.5) is 0 Å². The van der Waals surface area contributed by atoms with E-state index >= 15 is 0 Å². The molecule has 160 valence electrons. The fourth-order valence-electron chi connectivity index (χ4n) is 3.82. The maximum Gasteiger partial charge on any atom is 0.290 e. The van der Waals surface area contributed by atoms with Crippen LogP contribution in [0.25, 0.3) is 11.0 Å². The van der Waals surface area contributed by atoms with Gasteiger partial charge >= 0.3 is 0 Å². The Balaban J connectivity index is 1.78. The number of aliphatic hydroxyl groups excluding tert-OH is 1. The van der Waals surface area contributed by atoms with Crippen LogP contribution in [0.1, 0.15) is 27.7 Å². The lowest BCUT2D eigenvalue weighted by molar-refractivity contribution is -0.129. The third kappa shape index (κ3) is 3.96. The van der Waals surface area contributed by atoms with Crippen LogP contribution < -0.4 is 0 Å². The van der Waals surface area contributed by atoms with E-state index in [0.717, 1.165) is 10.9 Å². The van der Waals surface area contributed by atoms with Crippen molar-refractivity contribution in [1.29, 1.82) is 0 Å². The molecule has 2 heterocycles. The van der Waals surface area contributed by atoms with Gasteiger partial charge in [-0.25, -0.2) is 0 Å². The Morgan fingerprint density at radius 3 is 2.55 bits per heavy atom. The van der Waals surface area contributed by atoms with Gasteiger partial charge in [0.2, 0.25) is 5.78 Å². The summed E-state index contributed by atoms with van der Waals surface area (Å²) in [6, 6.07) is 13.5. The van der Waals surface area contributed by atoms with Crippen molar-refractivity contribution in [3.63, 3.8) is 0 Å². The molecule has 1 aromatic heterocycles. The van der Waals surface area contributed by atoms with Crippen molar-refractivity contribution in [2.45, 2.75) is 13.0 Å². The molecule has 0 saturated carbocycles. The molecule has 1 amide bonds. The van der Waals surface area contributed by atoms with Crippen molar-refractivity contribution < 1.29 is 19.1 Å². The first-order chi connectivity index (χ1) is 14.8. The number of amides is 1. The number of ketones is 1. The number of hydrogen-bond acceptors (Lipinski definition) is 5. The molecule has 0 spiro atoms. The molecule has 0 saturated heterocycles. The standard InChI is InChI=1S/C24H23ClN2O4/c1-14-4-9-18-16(12-14)13-19(31-18)22(28)20-21(15-5-7-17(25)8-6-15)27(11-10-26(2)3)24(30)23(20)29/h4-9,12-13,21,29H,10-11H2,1-3H3. The van der Waals surface area contributed by atoms with E-state index in [1.165, 1.54) is 4.90 Å². The number of likely N-dealkylation sites (N-methyl/N-ethyl adjacent to an activating group) is 1. The summed E-state index contributed by atoms with van der Waals surface area (Å²) in [5.41, 5.74) is 2.32. The van der Waals surface area contributed by atoms with Gasteiger partial charge < -0.3 is 19.3 Å². The SMILES string of the molecule is Cc1ccc2oc(C(=O)C3=C(O)C(=O)N(CCN(C)C)C3c3ccc(Cl)cc3)cc2c1. The zero-order chi connectivity index (χ0) is 22.3. The Labute approximate surface area is 185 Å². The normalized spacial score (nSPS) is 16.7. The smallest absolute Gasteiger partial charge is 0.290 e. The third-order valence-electron chi connectivity index (χ3n) is 5.42. The van der Waals surface area contributed by atoms with Gasteiger partial charge in [-0.3, -0.25) is 9.59 Å². The van der Waals surface area contributed by atoms with Gasteiger partial charge in [0.15, 0.2) is 11.5 Å². The summed E-state index contributed by atoms with van der Waals surface area (Å²) in [7, 11) is 3.79. The van der Waals surface area contributed by atoms with Crippen LogP contribution in [0.5, 0.6) is 0 Å². The molecule has 1 N–H and O–H groups in total. The summed E-state index contributed by atoms with van der Waals surface area (Å²) in [6.07, 6.45) is 0. The van der Waals surface area contributed by atoms with E-state index < -0.39 is 23.5 Å². The number of furan rings is 1. The Morgan fingerprint density at radius 1 is 1.16 bits per heavy atom. The van der Waals surface area contributed by atoms with E-state index in [-0.39, 0.29) is 11.3 Å². The van der Waals surface area contributed by atoms with Crippen LogP contribution in [0.2, 0.25) is 5.02 Å². The summed E-state index contributed by atoms with van der Waals surface area (Å²) < 4.78 is 5.76. The van der Waals surface area contributed by atoms with E-state index in [0.29, 0.717) is 29.3 Å². The quantitative estimate of drug-likeness (QED) is 0.572. The Bertz CT molecular complexity index is 1190. The molecule has 4 rings (SSSR count). The lowest BCUT2D eigenvalue weighted by atomic mass is 9.95. The van der Waals surface area contributed by atoms with E-state index in [1.54, 1.807) is 36.4 Å². The molecule has 7 heteroatoms. The second-order valence-corrected chi connectivity index (χ2v) is 8.44. The third-order valence-corrected chi connectivity index (χ3v) is 5.67. The van der Waals surface area contributed by atoms with Crippen LogP contribution in [-0.4, -0.2) is 53.8 Å². The molecule has 0 radical (unpaired) electrons. The maximum atomic E-state index is 13.5. The first kappa shape index (κ1) is 21.2. The molecule has 0 fully saturated rings. The second-order valence-electron chi connectivity index (χ2n) is 8.00. The fraction of sp³-hybridized carbons (Fsp3) is 0.250. The van der Waals surface area contributed by atoms with Crippen molar-refractivity contribution in [3.8, 4) is 0 Å². The molecular weight excluding hydrogens is 416 g/mol. The van der Waals surface area contributed by atoms with E-state index in [2.05, 4.69) is 0 Å². The number of carbonyl (C=O) groups excluding carboxylic acids is 2. The Kier molecular flexibility index (Phi) is 5.60. The minimum atomic E-state index is -0.729. The maximum absolute atomic E-state index is 13.5. The van der Waals surface area contributed by atoms with Crippen molar-refractivity contribution >= 4 is 34.3 Å². The topological polar surface area (TPSA) is 74.0 Å². The minimum Gasteiger partial charge on any atom is -0.503 e. The Morgan fingerprint density at radius 2 is 1.87 bits per heavy atom. The molecule has 0 aliphatic carbocycles. The Hall–Kier alpha value is -3.09. The number of Topliss-reactive ketones (excluding diaryl/α,β-unsaturated/α-hetero) is 1. The van der Waals surface area contributed by atoms with Gasteiger partial charge in [-0.2, -0.15) is 0 Å². The predicted octanol–water partition coefficient (Wildman–Crippen LogP) is 4.53. The molecule has 3 aromatic rings. The van der Waals surface area contributed by atoms with Gasteiger partial charge in [0, 0.05) is 23.5 Å². The number of aliphatic hydroxyl groups is 1.